The van der Waals surface area contributed by atoms with Crippen molar-refractivity contribution in [3.05, 3.63) is 113 Å². The van der Waals surface area contributed by atoms with Gasteiger partial charge >= 0.3 is 0 Å². The van der Waals surface area contributed by atoms with Gasteiger partial charge in [0.2, 0.25) is 0 Å². The Morgan fingerprint density at radius 3 is 2.07 bits per heavy atom. The van der Waals surface area contributed by atoms with Crippen LogP contribution in [0.3, 0.4) is 0 Å². The summed E-state index contributed by atoms with van der Waals surface area (Å²) in [5.41, 5.74) is 11.1. The zero-order chi connectivity index (χ0) is 20.5. The minimum Gasteiger partial charge on any atom is -0.350 e. The highest BCUT2D eigenvalue weighted by Gasteiger charge is 2.28. The van der Waals surface area contributed by atoms with Gasteiger partial charge in [0.15, 0.2) is 0 Å². The summed E-state index contributed by atoms with van der Waals surface area (Å²) in [6.07, 6.45) is 5.65. The molecule has 0 spiro atoms. The second kappa shape index (κ2) is 7.84. The van der Waals surface area contributed by atoms with Gasteiger partial charge in [-0.2, -0.15) is 0 Å². The van der Waals surface area contributed by atoms with E-state index in [9.17, 15) is 0 Å². The normalized spacial score (nSPS) is 14.2. The van der Waals surface area contributed by atoms with Crippen LogP contribution >= 0.6 is 0 Å². The zero-order valence-corrected chi connectivity index (χ0v) is 17.7. The molecule has 0 unspecified atom stereocenters. The van der Waals surface area contributed by atoms with Crippen molar-refractivity contribution in [2.75, 3.05) is 0 Å². The Labute approximate surface area is 179 Å². The minimum atomic E-state index is 1.03. The van der Waals surface area contributed by atoms with Gasteiger partial charge in [-0.3, -0.25) is 0 Å². The molecule has 1 aliphatic rings. The first-order chi connectivity index (χ1) is 14.8. The first-order valence-electron chi connectivity index (χ1n) is 10.9. The summed E-state index contributed by atoms with van der Waals surface area (Å²) in [7, 11) is 2.16. The largest absolute Gasteiger partial charge is 0.350 e. The van der Waals surface area contributed by atoms with Crippen molar-refractivity contribution in [3.8, 4) is 0 Å². The van der Waals surface area contributed by atoms with Crippen LogP contribution in [0.25, 0.3) is 27.6 Å². The Bertz CT molecular complexity index is 1250. The molecular formula is C29H27N. The summed E-state index contributed by atoms with van der Waals surface area (Å²) in [6.45, 7) is 2.29. The van der Waals surface area contributed by atoms with E-state index in [2.05, 4.69) is 110 Å². The van der Waals surface area contributed by atoms with E-state index in [1.807, 2.05) is 0 Å². The number of hydrogen-bond donors (Lipinski definition) is 0. The van der Waals surface area contributed by atoms with Crippen LogP contribution in [0.2, 0.25) is 0 Å². The average Bonchev–Trinajstić information content (AvgIpc) is 3.33. The molecule has 0 fully saturated rings. The van der Waals surface area contributed by atoms with Crippen LogP contribution in [-0.2, 0) is 7.05 Å². The van der Waals surface area contributed by atoms with Gasteiger partial charge in [0.25, 0.3) is 0 Å². The number of aromatic nitrogens is 1. The van der Waals surface area contributed by atoms with Gasteiger partial charge in [-0.15, -0.1) is 0 Å². The lowest BCUT2D eigenvalue weighted by atomic mass is 9.89. The molecule has 30 heavy (non-hydrogen) atoms. The maximum Gasteiger partial charge on any atom is 0.0484 e. The molecule has 0 saturated carbocycles. The van der Waals surface area contributed by atoms with Crippen molar-refractivity contribution in [1.82, 2.24) is 4.57 Å². The van der Waals surface area contributed by atoms with Gasteiger partial charge in [0, 0.05) is 29.7 Å². The van der Waals surface area contributed by atoms with Gasteiger partial charge in [-0.1, -0.05) is 97.8 Å². The first-order valence-corrected chi connectivity index (χ1v) is 10.9. The second-order valence-electron chi connectivity index (χ2n) is 8.16. The van der Waals surface area contributed by atoms with Crippen molar-refractivity contribution in [2.45, 2.75) is 26.2 Å². The average molecular weight is 390 g/mol. The molecular weight excluding hydrogens is 362 g/mol. The number of aryl methyl sites for hydroxylation is 1. The van der Waals surface area contributed by atoms with E-state index in [4.69, 9.17) is 0 Å². The fourth-order valence-corrected chi connectivity index (χ4v) is 4.91. The molecule has 1 heterocycles. The molecule has 0 atom stereocenters. The Kier molecular flexibility index (Phi) is 4.88. The molecule has 0 bridgehead atoms. The van der Waals surface area contributed by atoms with Crippen molar-refractivity contribution in [1.29, 1.82) is 0 Å². The van der Waals surface area contributed by atoms with Crippen LogP contribution in [-0.4, -0.2) is 4.57 Å². The van der Waals surface area contributed by atoms with E-state index in [-0.39, 0.29) is 0 Å². The van der Waals surface area contributed by atoms with E-state index < -0.39 is 0 Å². The Hall–Kier alpha value is -3.32. The molecule has 0 aliphatic heterocycles. The third-order valence-electron chi connectivity index (χ3n) is 6.20. The first kappa shape index (κ1) is 18.7. The number of para-hydroxylation sites is 1. The third-order valence-corrected chi connectivity index (χ3v) is 6.20. The molecule has 0 radical (unpaired) electrons. The molecule has 1 heteroatoms. The van der Waals surface area contributed by atoms with E-state index in [0.29, 0.717) is 0 Å². The number of nitrogens with zero attached hydrogens (tertiary/aromatic N) is 1. The lowest BCUT2D eigenvalue weighted by Gasteiger charge is -2.14. The summed E-state index contributed by atoms with van der Waals surface area (Å²) < 4.78 is 2.26. The summed E-state index contributed by atoms with van der Waals surface area (Å²) in [5, 5.41) is 1.33. The lowest BCUT2D eigenvalue weighted by Crippen LogP contribution is -1.92. The zero-order valence-electron chi connectivity index (χ0n) is 17.7. The van der Waals surface area contributed by atoms with Crippen LogP contribution in [0.1, 0.15) is 42.9 Å². The standard InChI is InChI=1S/C29H27N/c1-3-12-23-19-25(21-13-6-4-7-14-21)29(28(23)22-15-8-5-9-16-22)26-20-30(2)27-18-11-10-17-24(26)27/h4-11,13-18,20H,3,12,19H2,1-2H3. The highest BCUT2D eigenvalue weighted by Crippen LogP contribution is 2.50. The molecule has 4 aromatic rings. The second-order valence-corrected chi connectivity index (χ2v) is 8.16. The van der Waals surface area contributed by atoms with Crippen molar-refractivity contribution in [2.24, 2.45) is 7.05 Å². The molecule has 0 saturated heterocycles. The smallest absolute Gasteiger partial charge is 0.0484 e. The topological polar surface area (TPSA) is 4.93 Å². The van der Waals surface area contributed by atoms with Gasteiger partial charge in [0.05, 0.1) is 0 Å². The van der Waals surface area contributed by atoms with E-state index in [1.54, 1.807) is 5.57 Å². The number of benzene rings is 3. The molecule has 1 aliphatic carbocycles. The third kappa shape index (κ3) is 3.11. The number of hydrogen-bond acceptors (Lipinski definition) is 0. The molecule has 0 N–H and O–H groups in total. The predicted octanol–water partition coefficient (Wildman–Crippen LogP) is 7.75. The Morgan fingerprint density at radius 1 is 0.733 bits per heavy atom. The van der Waals surface area contributed by atoms with Crippen LogP contribution in [0, 0.1) is 0 Å². The molecule has 1 nitrogen and oxygen atoms in total. The number of rotatable bonds is 5. The monoisotopic (exact) mass is 389 g/mol. The lowest BCUT2D eigenvalue weighted by molar-refractivity contribution is 0.892. The van der Waals surface area contributed by atoms with Crippen LogP contribution in [0.15, 0.2) is 96.7 Å². The van der Waals surface area contributed by atoms with Crippen LogP contribution in [0.5, 0.6) is 0 Å². The van der Waals surface area contributed by atoms with E-state index in [1.165, 1.54) is 44.3 Å². The number of fused-ring (bicyclic) bond motifs is 1. The van der Waals surface area contributed by atoms with Gasteiger partial charge in [-0.25, -0.2) is 0 Å². The van der Waals surface area contributed by atoms with Crippen LogP contribution in [0.4, 0.5) is 0 Å². The highest BCUT2D eigenvalue weighted by atomic mass is 14.9. The summed E-state index contributed by atoms with van der Waals surface area (Å²) in [5.74, 6) is 0. The SMILES string of the molecule is CCCC1=C(c2ccccc2)C(c2cn(C)c3ccccc23)=C(c2ccccc2)C1. The maximum absolute atomic E-state index is 2.32. The maximum atomic E-state index is 2.32. The summed E-state index contributed by atoms with van der Waals surface area (Å²) in [4.78, 5) is 0. The van der Waals surface area contributed by atoms with Crippen molar-refractivity contribution in [3.63, 3.8) is 0 Å². The quantitative estimate of drug-likeness (QED) is 0.329. The molecule has 148 valence electrons. The Balaban J connectivity index is 1.84. The summed E-state index contributed by atoms with van der Waals surface area (Å²) >= 11 is 0. The summed E-state index contributed by atoms with van der Waals surface area (Å²) in [6, 6.07) is 30.7. The predicted molar refractivity (Wildman–Crippen MR) is 129 cm³/mol. The molecule has 5 rings (SSSR count). The Morgan fingerprint density at radius 2 is 1.37 bits per heavy atom. The van der Waals surface area contributed by atoms with Crippen LogP contribution < -0.4 is 0 Å². The van der Waals surface area contributed by atoms with E-state index in [0.717, 1.165) is 19.3 Å². The van der Waals surface area contributed by atoms with Crippen molar-refractivity contribution >= 4 is 27.6 Å². The van der Waals surface area contributed by atoms with Crippen molar-refractivity contribution < 1.29 is 0 Å². The minimum absolute atomic E-state index is 1.03. The highest BCUT2D eigenvalue weighted by molar-refractivity contribution is 6.22. The van der Waals surface area contributed by atoms with Gasteiger partial charge in [-0.05, 0) is 46.8 Å². The van der Waals surface area contributed by atoms with Gasteiger partial charge in [0.1, 0.15) is 0 Å². The fourth-order valence-electron chi connectivity index (χ4n) is 4.91. The van der Waals surface area contributed by atoms with E-state index >= 15 is 0 Å². The van der Waals surface area contributed by atoms with Gasteiger partial charge < -0.3 is 4.57 Å². The molecule has 1 aromatic heterocycles. The molecule has 0 amide bonds. The fraction of sp³-hybridized carbons (Fsp3) is 0.172. The number of allylic oxidation sites excluding steroid dienone is 4. The molecule has 3 aromatic carbocycles.